The fraction of sp³-hybridized carbons (Fsp3) is 0.500. The zero-order valence-corrected chi connectivity index (χ0v) is 9.69. The molecule has 0 spiro atoms. The van der Waals surface area contributed by atoms with Gasteiger partial charge in [-0.05, 0) is 35.9 Å². The van der Waals surface area contributed by atoms with Crippen LogP contribution in [0.1, 0.15) is 18.5 Å². The van der Waals surface area contributed by atoms with Gasteiger partial charge in [0, 0.05) is 11.8 Å². The van der Waals surface area contributed by atoms with E-state index in [4.69, 9.17) is 0 Å². The number of hydrogen-bond donors (Lipinski definition) is 1. The molecule has 0 aromatic heterocycles. The quantitative estimate of drug-likeness (QED) is 0.788. The number of thioether (sulfide) groups is 1. The standard InChI is InChI=1S/C12H16FNS/c1-9-6-14-12(8-15-7-9)10-3-2-4-11(13)5-10/h2-5,9,12,14H,6-8H2,1H3. The highest BCUT2D eigenvalue weighted by molar-refractivity contribution is 7.99. The van der Waals surface area contributed by atoms with E-state index in [9.17, 15) is 4.39 Å². The highest BCUT2D eigenvalue weighted by Gasteiger charge is 2.17. The molecule has 0 saturated carbocycles. The van der Waals surface area contributed by atoms with Crippen LogP contribution in [0, 0.1) is 11.7 Å². The lowest BCUT2D eigenvalue weighted by Crippen LogP contribution is -2.25. The molecule has 1 heterocycles. The monoisotopic (exact) mass is 225 g/mol. The Balaban J connectivity index is 2.09. The molecule has 3 heteroatoms. The second-order valence-electron chi connectivity index (χ2n) is 4.16. The third-order valence-electron chi connectivity index (χ3n) is 2.65. The molecule has 1 saturated heterocycles. The maximum Gasteiger partial charge on any atom is 0.123 e. The van der Waals surface area contributed by atoms with Gasteiger partial charge < -0.3 is 5.32 Å². The average molecular weight is 225 g/mol. The van der Waals surface area contributed by atoms with Gasteiger partial charge in [0.15, 0.2) is 0 Å². The van der Waals surface area contributed by atoms with Gasteiger partial charge in [0.25, 0.3) is 0 Å². The van der Waals surface area contributed by atoms with Gasteiger partial charge in [-0.15, -0.1) is 0 Å². The van der Waals surface area contributed by atoms with Crippen LogP contribution in [-0.2, 0) is 0 Å². The van der Waals surface area contributed by atoms with Crippen molar-refractivity contribution in [3.05, 3.63) is 35.6 Å². The highest BCUT2D eigenvalue weighted by atomic mass is 32.2. The summed E-state index contributed by atoms with van der Waals surface area (Å²) in [5, 5.41) is 3.49. The predicted molar refractivity (Wildman–Crippen MR) is 63.6 cm³/mol. The summed E-state index contributed by atoms with van der Waals surface area (Å²) in [7, 11) is 0. The molecule has 2 unspecified atom stereocenters. The molecule has 0 bridgehead atoms. The smallest absolute Gasteiger partial charge is 0.123 e. The summed E-state index contributed by atoms with van der Waals surface area (Å²) < 4.78 is 13.1. The Labute approximate surface area is 94.5 Å². The number of halogens is 1. The number of hydrogen-bond acceptors (Lipinski definition) is 2. The number of benzene rings is 1. The van der Waals surface area contributed by atoms with Gasteiger partial charge in [-0.3, -0.25) is 0 Å². The Hall–Kier alpha value is -0.540. The first-order chi connectivity index (χ1) is 7.25. The van der Waals surface area contributed by atoms with Crippen LogP contribution in [0.3, 0.4) is 0 Å². The van der Waals surface area contributed by atoms with Gasteiger partial charge >= 0.3 is 0 Å². The Morgan fingerprint density at radius 1 is 1.40 bits per heavy atom. The first-order valence-corrected chi connectivity index (χ1v) is 6.48. The van der Waals surface area contributed by atoms with E-state index in [-0.39, 0.29) is 5.82 Å². The van der Waals surface area contributed by atoms with Gasteiger partial charge in [-0.1, -0.05) is 19.1 Å². The highest BCUT2D eigenvalue weighted by Crippen LogP contribution is 2.23. The van der Waals surface area contributed by atoms with E-state index in [0.29, 0.717) is 12.0 Å². The van der Waals surface area contributed by atoms with Crippen LogP contribution in [0.4, 0.5) is 4.39 Å². The summed E-state index contributed by atoms with van der Waals surface area (Å²) >= 11 is 1.95. The van der Waals surface area contributed by atoms with E-state index >= 15 is 0 Å². The average Bonchev–Trinajstić information content (AvgIpc) is 2.43. The van der Waals surface area contributed by atoms with Crippen molar-refractivity contribution in [2.45, 2.75) is 13.0 Å². The van der Waals surface area contributed by atoms with Crippen molar-refractivity contribution in [3.63, 3.8) is 0 Å². The number of rotatable bonds is 1. The molecular formula is C12H16FNS. The molecule has 82 valence electrons. The van der Waals surface area contributed by atoms with E-state index < -0.39 is 0 Å². The molecule has 1 aromatic rings. The minimum Gasteiger partial charge on any atom is -0.309 e. The van der Waals surface area contributed by atoms with Crippen molar-refractivity contribution in [2.24, 2.45) is 5.92 Å². The second-order valence-corrected chi connectivity index (χ2v) is 5.23. The topological polar surface area (TPSA) is 12.0 Å². The summed E-state index contributed by atoms with van der Waals surface area (Å²) in [6.45, 7) is 3.27. The summed E-state index contributed by atoms with van der Waals surface area (Å²) in [6, 6.07) is 7.21. The van der Waals surface area contributed by atoms with Gasteiger partial charge in [-0.25, -0.2) is 4.39 Å². The Morgan fingerprint density at radius 3 is 3.07 bits per heavy atom. The van der Waals surface area contributed by atoms with E-state index in [1.54, 1.807) is 12.1 Å². The van der Waals surface area contributed by atoms with Crippen molar-refractivity contribution in [1.82, 2.24) is 5.32 Å². The third kappa shape index (κ3) is 2.95. The van der Waals surface area contributed by atoms with Crippen molar-refractivity contribution < 1.29 is 4.39 Å². The van der Waals surface area contributed by atoms with Crippen LogP contribution in [-0.4, -0.2) is 18.1 Å². The van der Waals surface area contributed by atoms with Crippen LogP contribution in [0.25, 0.3) is 0 Å². The first kappa shape index (κ1) is 11.0. The molecule has 1 aromatic carbocycles. The largest absolute Gasteiger partial charge is 0.309 e. The fourth-order valence-electron chi connectivity index (χ4n) is 1.79. The van der Waals surface area contributed by atoms with Crippen LogP contribution in [0.5, 0.6) is 0 Å². The van der Waals surface area contributed by atoms with E-state index in [1.165, 1.54) is 11.8 Å². The van der Waals surface area contributed by atoms with Gasteiger partial charge in [0.2, 0.25) is 0 Å². The number of nitrogens with one attached hydrogen (secondary N) is 1. The minimum atomic E-state index is -0.142. The molecule has 0 radical (unpaired) electrons. The SMILES string of the molecule is CC1CNC(c2cccc(F)c2)CSC1. The summed E-state index contributed by atoms with van der Waals surface area (Å²) in [6.07, 6.45) is 0. The maximum atomic E-state index is 13.1. The second kappa shape index (κ2) is 4.99. The zero-order chi connectivity index (χ0) is 10.7. The van der Waals surface area contributed by atoms with Gasteiger partial charge in [0.1, 0.15) is 5.82 Å². The van der Waals surface area contributed by atoms with Crippen molar-refractivity contribution in [1.29, 1.82) is 0 Å². The van der Waals surface area contributed by atoms with Gasteiger partial charge in [0.05, 0.1) is 0 Å². The maximum absolute atomic E-state index is 13.1. The lowest BCUT2D eigenvalue weighted by Gasteiger charge is -2.16. The summed E-state index contributed by atoms with van der Waals surface area (Å²) in [4.78, 5) is 0. The van der Waals surface area contributed by atoms with Crippen LogP contribution in [0.15, 0.2) is 24.3 Å². The van der Waals surface area contributed by atoms with Crippen molar-refractivity contribution in [3.8, 4) is 0 Å². The first-order valence-electron chi connectivity index (χ1n) is 5.32. The van der Waals surface area contributed by atoms with Crippen LogP contribution in [0.2, 0.25) is 0 Å². The molecule has 0 aliphatic carbocycles. The minimum absolute atomic E-state index is 0.142. The van der Waals surface area contributed by atoms with Crippen LogP contribution >= 0.6 is 11.8 Å². The van der Waals surface area contributed by atoms with E-state index in [2.05, 4.69) is 12.2 Å². The molecule has 1 nitrogen and oxygen atoms in total. The van der Waals surface area contributed by atoms with Crippen molar-refractivity contribution in [2.75, 3.05) is 18.1 Å². The molecular weight excluding hydrogens is 209 g/mol. The van der Waals surface area contributed by atoms with E-state index in [1.807, 2.05) is 17.8 Å². The molecule has 1 N–H and O–H groups in total. The van der Waals surface area contributed by atoms with Crippen LogP contribution < -0.4 is 5.32 Å². The summed E-state index contributed by atoms with van der Waals surface area (Å²) in [5.74, 6) is 2.79. The molecule has 1 aliphatic heterocycles. The van der Waals surface area contributed by atoms with Crippen molar-refractivity contribution >= 4 is 11.8 Å². The van der Waals surface area contributed by atoms with E-state index in [0.717, 1.165) is 17.9 Å². The molecule has 1 fully saturated rings. The Kier molecular flexibility index (Phi) is 3.65. The molecule has 15 heavy (non-hydrogen) atoms. The normalized spacial score (nSPS) is 27.3. The molecule has 2 atom stereocenters. The predicted octanol–water partition coefficient (Wildman–Crippen LogP) is 2.84. The lowest BCUT2D eigenvalue weighted by atomic mass is 10.1. The lowest BCUT2D eigenvalue weighted by molar-refractivity contribution is 0.515. The van der Waals surface area contributed by atoms with Gasteiger partial charge in [-0.2, -0.15) is 11.8 Å². The molecule has 0 amide bonds. The zero-order valence-electron chi connectivity index (χ0n) is 8.87. The summed E-state index contributed by atoms with van der Waals surface area (Å²) in [5.41, 5.74) is 1.07. The third-order valence-corrected chi connectivity index (χ3v) is 4.02. The Morgan fingerprint density at radius 2 is 2.27 bits per heavy atom. The molecule has 2 rings (SSSR count). The Bertz CT molecular complexity index is 329. The molecule has 1 aliphatic rings. The fourth-order valence-corrected chi connectivity index (χ4v) is 2.99.